The summed E-state index contributed by atoms with van der Waals surface area (Å²) in [4.78, 5) is 6.38. The van der Waals surface area contributed by atoms with Crippen LogP contribution in [0.4, 0.5) is 13.2 Å². The minimum Gasteiger partial charge on any atom is -0.493 e. The minimum atomic E-state index is -4.38. The van der Waals surface area contributed by atoms with Gasteiger partial charge in [0.1, 0.15) is 5.75 Å². The smallest absolute Gasteiger partial charge is 0.416 e. The highest BCUT2D eigenvalue weighted by atomic mass is 19.4. The van der Waals surface area contributed by atoms with Gasteiger partial charge in [-0.15, -0.1) is 5.10 Å². The third-order valence-electron chi connectivity index (χ3n) is 5.89. The maximum absolute atomic E-state index is 12.9. The van der Waals surface area contributed by atoms with Crippen LogP contribution in [0.1, 0.15) is 43.4 Å². The summed E-state index contributed by atoms with van der Waals surface area (Å²) in [6, 6.07) is 5.25. The summed E-state index contributed by atoms with van der Waals surface area (Å²) in [5, 5.41) is 9.09. The predicted molar refractivity (Wildman–Crippen MR) is 121 cm³/mol. The molecule has 3 heterocycles. The highest BCUT2D eigenvalue weighted by Gasteiger charge is 2.30. The average molecular weight is 478 g/mol. The van der Waals surface area contributed by atoms with Gasteiger partial charge in [0, 0.05) is 44.0 Å². The van der Waals surface area contributed by atoms with Crippen molar-refractivity contribution in [3.8, 4) is 5.75 Å². The van der Waals surface area contributed by atoms with Crippen molar-refractivity contribution in [2.75, 3.05) is 32.9 Å². The molecule has 0 bridgehead atoms. The van der Waals surface area contributed by atoms with Crippen LogP contribution >= 0.6 is 0 Å². The topological polar surface area (TPSA) is 65.3 Å². The molecule has 0 atom stereocenters. The molecule has 10 heteroatoms. The van der Waals surface area contributed by atoms with Crippen LogP contribution in [-0.2, 0) is 24.0 Å². The van der Waals surface area contributed by atoms with Gasteiger partial charge in [0.25, 0.3) is 0 Å². The molecule has 0 spiro atoms. The van der Waals surface area contributed by atoms with Crippen molar-refractivity contribution in [1.82, 2.24) is 24.9 Å². The van der Waals surface area contributed by atoms with Gasteiger partial charge in [-0.25, -0.2) is 0 Å². The fourth-order valence-corrected chi connectivity index (χ4v) is 4.02. The Morgan fingerprint density at radius 2 is 1.79 bits per heavy atom. The van der Waals surface area contributed by atoms with Crippen LogP contribution < -0.4 is 4.74 Å². The zero-order valence-corrected chi connectivity index (χ0v) is 19.1. The average Bonchev–Trinajstić information content (AvgIpc) is 3.27. The molecule has 0 saturated carbocycles. The number of morpholine rings is 1. The van der Waals surface area contributed by atoms with Crippen molar-refractivity contribution < 1.29 is 22.6 Å². The molecule has 4 rings (SSSR count). The Balaban J connectivity index is 1.11. The number of nitrogens with zero attached hydrogens (tertiary/aromatic N) is 5. The monoisotopic (exact) mass is 477 g/mol. The molecular weight excluding hydrogens is 447 g/mol. The van der Waals surface area contributed by atoms with E-state index in [0.29, 0.717) is 17.7 Å². The normalized spacial score (nSPS) is 15.1. The van der Waals surface area contributed by atoms with Gasteiger partial charge in [0.2, 0.25) is 0 Å². The third kappa shape index (κ3) is 6.89. The molecular formula is C24H30F3N5O2. The zero-order chi connectivity index (χ0) is 23.8. The number of hydrogen-bond donors (Lipinski definition) is 0. The largest absolute Gasteiger partial charge is 0.493 e. The Labute approximate surface area is 196 Å². The molecule has 34 heavy (non-hydrogen) atoms. The SMILES string of the molecule is FC(F)(F)c1ccc2c(OCCCCCCCn3cc(CN4CCOCC4)nn3)ccnc2c1. The molecule has 0 unspecified atom stereocenters. The van der Waals surface area contributed by atoms with Gasteiger partial charge >= 0.3 is 6.18 Å². The third-order valence-corrected chi connectivity index (χ3v) is 5.89. The highest BCUT2D eigenvalue weighted by Crippen LogP contribution is 2.33. The maximum atomic E-state index is 12.9. The van der Waals surface area contributed by atoms with Crippen LogP contribution in [0, 0.1) is 0 Å². The van der Waals surface area contributed by atoms with E-state index in [4.69, 9.17) is 9.47 Å². The molecule has 0 aliphatic carbocycles. The van der Waals surface area contributed by atoms with Crippen LogP contribution in [0.2, 0.25) is 0 Å². The highest BCUT2D eigenvalue weighted by molar-refractivity contribution is 5.85. The fourth-order valence-electron chi connectivity index (χ4n) is 4.02. The Kier molecular flexibility index (Phi) is 8.34. The predicted octanol–water partition coefficient (Wildman–Crippen LogP) is 4.71. The number of pyridine rings is 1. The van der Waals surface area contributed by atoms with E-state index >= 15 is 0 Å². The molecule has 2 aromatic heterocycles. The number of benzene rings is 1. The lowest BCUT2D eigenvalue weighted by Gasteiger charge is -2.25. The van der Waals surface area contributed by atoms with Gasteiger partial charge in [-0.3, -0.25) is 14.6 Å². The molecule has 7 nitrogen and oxygen atoms in total. The number of unbranched alkanes of at least 4 members (excludes halogenated alkanes) is 4. The Morgan fingerprint density at radius 1 is 1.00 bits per heavy atom. The van der Waals surface area contributed by atoms with Crippen molar-refractivity contribution in [2.24, 2.45) is 0 Å². The van der Waals surface area contributed by atoms with Crippen LogP contribution in [0.15, 0.2) is 36.7 Å². The molecule has 1 fully saturated rings. The lowest BCUT2D eigenvalue weighted by Crippen LogP contribution is -2.35. The Morgan fingerprint density at radius 3 is 2.62 bits per heavy atom. The van der Waals surface area contributed by atoms with Gasteiger partial charge in [-0.2, -0.15) is 13.2 Å². The van der Waals surface area contributed by atoms with Gasteiger partial charge in [-0.1, -0.05) is 24.5 Å². The molecule has 184 valence electrons. The van der Waals surface area contributed by atoms with E-state index in [9.17, 15) is 13.2 Å². The fraction of sp³-hybridized carbons (Fsp3) is 0.542. The summed E-state index contributed by atoms with van der Waals surface area (Å²) in [5.74, 6) is 0.567. The lowest BCUT2D eigenvalue weighted by molar-refractivity contribution is -0.137. The van der Waals surface area contributed by atoms with Gasteiger partial charge < -0.3 is 9.47 Å². The number of aromatic nitrogens is 4. The second kappa shape index (κ2) is 11.6. The minimum absolute atomic E-state index is 0.286. The van der Waals surface area contributed by atoms with Crippen LogP contribution in [-0.4, -0.2) is 57.8 Å². The van der Waals surface area contributed by atoms with E-state index < -0.39 is 11.7 Å². The van der Waals surface area contributed by atoms with Crippen LogP contribution in [0.5, 0.6) is 5.75 Å². The second-order valence-electron chi connectivity index (χ2n) is 8.52. The summed E-state index contributed by atoms with van der Waals surface area (Å²) in [6.45, 7) is 5.63. The molecule has 1 aliphatic heterocycles. The lowest BCUT2D eigenvalue weighted by atomic mass is 10.1. The first kappa shape index (κ1) is 24.4. The number of alkyl halides is 3. The number of rotatable bonds is 11. The standard InChI is InChI=1S/C24H30F3N5O2/c25-24(26,27)19-6-7-21-22(16-19)28-9-8-23(21)34-13-5-3-1-2-4-10-32-18-20(29-30-32)17-31-11-14-33-15-12-31/h6-9,16,18H,1-5,10-15,17H2. The Hall–Kier alpha value is -2.72. The molecule has 1 aliphatic rings. The van der Waals surface area contributed by atoms with Crippen molar-refractivity contribution >= 4 is 10.9 Å². The summed E-state index contributed by atoms with van der Waals surface area (Å²) in [6.07, 6.45) is 4.26. The molecule has 0 N–H and O–H groups in total. The van der Waals surface area contributed by atoms with E-state index in [1.165, 1.54) is 12.3 Å². The van der Waals surface area contributed by atoms with Crippen molar-refractivity contribution in [3.63, 3.8) is 0 Å². The van der Waals surface area contributed by atoms with Gasteiger partial charge in [0.15, 0.2) is 0 Å². The first-order chi connectivity index (χ1) is 16.5. The van der Waals surface area contributed by atoms with Crippen molar-refractivity contribution in [1.29, 1.82) is 0 Å². The van der Waals surface area contributed by atoms with E-state index in [-0.39, 0.29) is 5.52 Å². The van der Waals surface area contributed by atoms with Gasteiger partial charge in [-0.05, 0) is 37.1 Å². The van der Waals surface area contributed by atoms with Crippen molar-refractivity contribution in [3.05, 3.63) is 47.9 Å². The summed E-state index contributed by atoms with van der Waals surface area (Å²) in [7, 11) is 0. The zero-order valence-electron chi connectivity index (χ0n) is 19.1. The number of fused-ring (bicyclic) bond motifs is 1. The number of aryl methyl sites for hydroxylation is 1. The maximum Gasteiger partial charge on any atom is 0.416 e. The molecule has 3 aromatic rings. The van der Waals surface area contributed by atoms with E-state index in [1.807, 2.05) is 10.9 Å². The summed E-state index contributed by atoms with van der Waals surface area (Å²) < 4.78 is 51.8. The first-order valence-corrected chi connectivity index (χ1v) is 11.8. The second-order valence-corrected chi connectivity index (χ2v) is 8.52. The van der Waals surface area contributed by atoms with Crippen LogP contribution in [0.3, 0.4) is 0 Å². The molecule has 0 radical (unpaired) electrons. The van der Waals surface area contributed by atoms with Gasteiger partial charge in [0.05, 0.1) is 36.6 Å². The van der Waals surface area contributed by atoms with E-state index in [0.717, 1.165) is 89.3 Å². The first-order valence-electron chi connectivity index (χ1n) is 11.8. The van der Waals surface area contributed by atoms with E-state index in [1.54, 1.807) is 6.07 Å². The number of halogens is 3. The molecule has 0 amide bonds. The molecule has 1 saturated heterocycles. The summed E-state index contributed by atoms with van der Waals surface area (Å²) in [5.41, 5.74) is 0.578. The molecule has 1 aromatic carbocycles. The quantitative estimate of drug-likeness (QED) is 0.373. The number of ether oxygens (including phenoxy) is 2. The Bertz CT molecular complexity index is 1050. The van der Waals surface area contributed by atoms with Crippen LogP contribution in [0.25, 0.3) is 10.9 Å². The van der Waals surface area contributed by atoms with E-state index in [2.05, 4.69) is 20.2 Å². The summed E-state index contributed by atoms with van der Waals surface area (Å²) >= 11 is 0. The number of hydrogen-bond acceptors (Lipinski definition) is 6. The van der Waals surface area contributed by atoms with Crippen molar-refractivity contribution in [2.45, 2.75) is 51.4 Å².